The minimum Gasteiger partial charge on any atom is -0.480 e. The summed E-state index contributed by atoms with van der Waals surface area (Å²) >= 11 is 0. The minimum absolute atomic E-state index is 0.0820. The third-order valence-corrected chi connectivity index (χ3v) is 5.08. The molecule has 0 aromatic heterocycles. The molecule has 120 valence electrons. The van der Waals surface area contributed by atoms with Crippen LogP contribution in [0.4, 0.5) is 5.69 Å². The van der Waals surface area contributed by atoms with Crippen molar-refractivity contribution in [3.8, 4) is 0 Å². The molecule has 0 saturated heterocycles. The quantitative estimate of drug-likeness (QED) is 0.679. The van der Waals surface area contributed by atoms with Crippen LogP contribution in [-0.2, 0) is 19.6 Å². The third kappa shape index (κ3) is 3.28. The average Bonchev–Trinajstić information content (AvgIpc) is 3.19. The fourth-order valence-electron chi connectivity index (χ4n) is 2.01. The Morgan fingerprint density at radius 2 is 1.73 bits per heavy atom. The number of carboxylic acid groups (broad SMARTS) is 1. The molecule has 1 fully saturated rings. The molecule has 3 N–H and O–H groups in total. The Morgan fingerprint density at radius 1 is 1.18 bits per heavy atom. The van der Waals surface area contributed by atoms with Gasteiger partial charge in [0.05, 0.1) is 4.90 Å². The second-order valence-corrected chi connectivity index (χ2v) is 7.36. The zero-order chi connectivity index (χ0) is 16.5. The highest BCUT2D eigenvalue weighted by Gasteiger charge is 2.57. The van der Waals surface area contributed by atoms with E-state index in [0.717, 1.165) is 0 Å². The Bertz CT molecular complexity index is 690. The van der Waals surface area contributed by atoms with E-state index >= 15 is 0 Å². The fraction of sp³-hybridized carbons (Fsp3) is 0.429. The van der Waals surface area contributed by atoms with Gasteiger partial charge in [-0.05, 0) is 51.0 Å². The minimum atomic E-state index is -3.59. The van der Waals surface area contributed by atoms with Gasteiger partial charge in [-0.1, -0.05) is 0 Å². The molecule has 2 rings (SSSR count). The van der Waals surface area contributed by atoms with Crippen LogP contribution in [0, 0.1) is 5.41 Å². The van der Waals surface area contributed by atoms with Crippen LogP contribution in [0.25, 0.3) is 0 Å². The van der Waals surface area contributed by atoms with Gasteiger partial charge in [0.15, 0.2) is 0 Å². The number of rotatable bonds is 6. The fourth-order valence-corrected chi connectivity index (χ4v) is 3.26. The number of sulfonamides is 1. The smallest absolute Gasteiger partial charge is 0.319 e. The second-order valence-electron chi connectivity index (χ2n) is 5.64. The summed E-state index contributed by atoms with van der Waals surface area (Å²) < 4.78 is 26.4. The number of hydrogen-bond donors (Lipinski definition) is 3. The summed E-state index contributed by atoms with van der Waals surface area (Å²) in [6.07, 6.45) is 0.637. The van der Waals surface area contributed by atoms with Crippen molar-refractivity contribution in [3.05, 3.63) is 24.3 Å². The number of carbonyl (C=O) groups is 2. The lowest BCUT2D eigenvalue weighted by molar-refractivity contribution is -0.147. The van der Waals surface area contributed by atoms with Crippen molar-refractivity contribution in [1.82, 2.24) is 4.72 Å². The summed E-state index contributed by atoms with van der Waals surface area (Å²) in [6.45, 7) is 3.43. The lowest BCUT2D eigenvalue weighted by Gasteiger charge is -2.12. The standard InChI is InChI=1S/C14H18N2O5S/c1-9(2)16-22(20,21)11-5-3-10(4-6-11)15-12(17)14(7-8-14)13(18)19/h3-6,9,16H,7-8H2,1-2H3,(H,15,17)(H,18,19). The molecule has 1 aliphatic rings. The highest BCUT2D eigenvalue weighted by Crippen LogP contribution is 2.46. The Labute approximate surface area is 128 Å². The zero-order valence-electron chi connectivity index (χ0n) is 12.3. The van der Waals surface area contributed by atoms with Crippen LogP contribution in [0.2, 0.25) is 0 Å². The normalized spacial score (nSPS) is 16.3. The predicted octanol–water partition coefficient (Wildman–Crippen LogP) is 1.18. The van der Waals surface area contributed by atoms with Crippen molar-refractivity contribution in [1.29, 1.82) is 0 Å². The average molecular weight is 326 g/mol. The summed E-state index contributed by atoms with van der Waals surface area (Å²) in [5.74, 6) is -1.71. The first-order valence-corrected chi connectivity index (χ1v) is 8.33. The summed E-state index contributed by atoms with van der Waals surface area (Å²) in [5, 5.41) is 11.5. The van der Waals surface area contributed by atoms with Gasteiger partial charge in [-0.3, -0.25) is 9.59 Å². The molecule has 22 heavy (non-hydrogen) atoms. The third-order valence-electron chi connectivity index (χ3n) is 3.41. The molecule has 0 atom stereocenters. The van der Waals surface area contributed by atoms with E-state index in [2.05, 4.69) is 10.0 Å². The molecular weight excluding hydrogens is 308 g/mol. The van der Waals surface area contributed by atoms with E-state index in [1.807, 2.05) is 0 Å². The van der Waals surface area contributed by atoms with Gasteiger partial charge < -0.3 is 10.4 Å². The highest BCUT2D eigenvalue weighted by molar-refractivity contribution is 7.89. The van der Waals surface area contributed by atoms with E-state index in [-0.39, 0.29) is 10.9 Å². The molecule has 0 aliphatic heterocycles. The highest BCUT2D eigenvalue weighted by atomic mass is 32.2. The van der Waals surface area contributed by atoms with Crippen LogP contribution in [0.1, 0.15) is 26.7 Å². The predicted molar refractivity (Wildman–Crippen MR) is 79.8 cm³/mol. The van der Waals surface area contributed by atoms with Crippen LogP contribution in [0.15, 0.2) is 29.2 Å². The van der Waals surface area contributed by atoms with Crippen molar-refractivity contribution >= 4 is 27.6 Å². The maximum absolute atomic E-state index is 12.0. The summed E-state index contributed by atoms with van der Waals surface area (Å²) in [7, 11) is -3.59. The second kappa shape index (κ2) is 5.69. The van der Waals surface area contributed by atoms with E-state index in [4.69, 9.17) is 5.11 Å². The SMILES string of the molecule is CC(C)NS(=O)(=O)c1ccc(NC(=O)C2(C(=O)O)CC2)cc1. The molecular formula is C14H18N2O5S. The monoisotopic (exact) mass is 326 g/mol. The van der Waals surface area contributed by atoms with Crippen LogP contribution < -0.4 is 10.0 Å². The number of nitrogens with one attached hydrogen (secondary N) is 2. The number of aliphatic carboxylic acids is 1. The van der Waals surface area contributed by atoms with Gasteiger partial charge in [-0.2, -0.15) is 0 Å². The van der Waals surface area contributed by atoms with Crippen LogP contribution >= 0.6 is 0 Å². The van der Waals surface area contributed by atoms with Crippen LogP contribution in [-0.4, -0.2) is 31.4 Å². The Morgan fingerprint density at radius 3 is 2.14 bits per heavy atom. The van der Waals surface area contributed by atoms with Gasteiger partial charge in [0, 0.05) is 11.7 Å². The number of anilines is 1. The van der Waals surface area contributed by atoms with E-state index in [9.17, 15) is 18.0 Å². The summed E-state index contributed by atoms with van der Waals surface area (Å²) in [5.41, 5.74) is -0.967. The van der Waals surface area contributed by atoms with Crippen LogP contribution in [0.3, 0.4) is 0 Å². The van der Waals surface area contributed by atoms with Gasteiger partial charge in [-0.25, -0.2) is 13.1 Å². The van der Waals surface area contributed by atoms with Gasteiger partial charge in [-0.15, -0.1) is 0 Å². The van der Waals surface area contributed by atoms with Gasteiger partial charge in [0.1, 0.15) is 5.41 Å². The molecule has 0 spiro atoms. The van der Waals surface area contributed by atoms with Crippen LogP contribution in [0.5, 0.6) is 0 Å². The Balaban J connectivity index is 2.10. The van der Waals surface area contributed by atoms with E-state index < -0.39 is 27.3 Å². The molecule has 7 nitrogen and oxygen atoms in total. The van der Waals surface area contributed by atoms with Crippen molar-refractivity contribution in [3.63, 3.8) is 0 Å². The van der Waals surface area contributed by atoms with E-state index in [1.54, 1.807) is 13.8 Å². The molecule has 1 saturated carbocycles. The Kier molecular flexibility index (Phi) is 4.25. The molecule has 0 unspecified atom stereocenters. The molecule has 1 aromatic carbocycles. The first-order valence-electron chi connectivity index (χ1n) is 6.85. The number of benzene rings is 1. The van der Waals surface area contributed by atoms with Gasteiger partial charge in [0.25, 0.3) is 0 Å². The lowest BCUT2D eigenvalue weighted by atomic mass is 10.1. The molecule has 1 amide bonds. The van der Waals surface area contributed by atoms with Crippen molar-refractivity contribution in [2.24, 2.45) is 5.41 Å². The largest absolute Gasteiger partial charge is 0.480 e. The van der Waals surface area contributed by atoms with E-state index in [0.29, 0.717) is 18.5 Å². The van der Waals surface area contributed by atoms with Gasteiger partial charge >= 0.3 is 5.97 Å². The Hall–Kier alpha value is -1.93. The van der Waals surface area contributed by atoms with Crippen molar-refractivity contribution in [2.75, 3.05) is 5.32 Å². The van der Waals surface area contributed by atoms with Crippen molar-refractivity contribution in [2.45, 2.75) is 37.6 Å². The topological polar surface area (TPSA) is 113 Å². The van der Waals surface area contributed by atoms with Crippen molar-refractivity contribution < 1.29 is 23.1 Å². The maximum atomic E-state index is 12.0. The van der Waals surface area contributed by atoms with Gasteiger partial charge in [0.2, 0.25) is 15.9 Å². The lowest BCUT2D eigenvalue weighted by Crippen LogP contribution is -2.31. The zero-order valence-corrected chi connectivity index (χ0v) is 13.1. The maximum Gasteiger partial charge on any atom is 0.319 e. The molecule has 0 radical (unpaired) electrons. The number of carboxylic acids is 1. The first kappa shape index (κ1) is 16.4. The number of amides is 1. The number of carbonyl (C=O) groups excluding carboxylic acids is 1. The van der Waals surface area contributed by atoms with E-state index in [1.165, 1.54) is 24.3 Å². The summed E-state index contributed by atoms with van der Waals surface area (Å²) in [6, 6.07) is 5.37. The molecule has 0 bridgehead atoms. The molecule has 0 heterocycles. The molecule has 1 aliphatic carbocycles. The molecule has 1 aromatic rings. The molecule has 8 heteroatoms. The summed E-state index contributed by atoms with van der Waals surface area (Å²) in [4.78, 5) is 23.1. The first-order chi connectivity index (χ1) is 10.2. The number of hydrogen-bond acceptors (Lipinski definition) is 4.